The Balaban J connectivity index is 0.00000167. The summed E-state index contributed by atoms with van der Waals surface area (Å²) in [7, 11) is 2.12. The van der Waals surface area contributed by atoms with Gasteiger partial charge in [-0.05, 0) is 46.0 Å². The summed E-state index contributed by atoms with van der Waals surface area (Å²) >= 11 is 0. The molecule has 0 aliphatic carbocycles. The van der Waals surface area contributed by atoms with Gasteiger partial charge in [-0.25, -0.2) is 0 Å². The molecule has 4 heterocycles. The Kier molecular flexibility index (Phi) is 9.60. The second kappa shape index (κ2) is 12.4. The van der Waals surface area contributed by atoms with Gasteiger partial charge in [-0.3, -0.25) is 4.99 Å². The molecule has 1 N–H and O–H groups in total. The minimum Gasteiger partial charge on any atom is -0.363 e. The van der Waals surface area contributed by atoms with Crippen LogP contribution in [0, 0.1) is 0 Å². The summed E-state index contributed by atoms with van der Waals surface area (Å²) in [6.07, 6.45) is 7.01. The van der Waals surface area contributed by atoms with Crippen LogP contribution < -0.4 is 5.32 Å². The maximum atomic E-state index is 6.07. The molecule has 0 amide bonds. The van der Waals surface area contributed by atoms with Crippen LogP contribution in [0.5, 0.6) is 0 Å². The predicted molar refractivity (Wildman–Crippen MR) is 139 cm³/mol. The van der Waals surface area contributed by atoms with Gasteiger partial charge in [0.2, 0.25) is 0 Å². The van der Waals surface area contributed by atoms with Crippen LogP contribution in [-0.2, 0) is 16.7 Å². The molecule has 9 nitrogen and oxygen atoms in total. The van der Waals surface area contributed by atoms with Crippen molar-refractivity contribution in [2.45, 2.75) is 85.1 Å². The van der Waals surface area contributed by atoms with Gasteiger partial charge in [-0.1, -0.05) is 38.9 Å². The zero-order valence-electron chi connectivity index (χ0n) is 22.7. The van der Waals surface area contributed by atoms with Crippen molar-refractivity contribution < 1.29 is 9.26 Å². The molecular formula is C26H45N7O2. The molecule has 4 rings (SSSR count). The summed E-state index contributed by atoms with van der Waals surface area (Å²) in [6.45, 7) is 18.6. The molecule has 1 aromatic rings. The van der Waals surface area contributed by atoms with Gasteiger partial charge in [0.1, 0.15) is 24.8 Å². The van der Waals surface area contributed by atoms with E-state index in [4.69, 9.17) is 14.3 Å². The van der Waals surface area contributed by atoms with Crippen LogP contribution in [0.2, 0.25) is 0 Å². The maximum absolute atomic E-state index is 6.07. The molecule has 0 spiro atoms. The molecule has 1 atom stereocenters. The van der Waals surface area contributed by atoms with Crippen LogP contribution in [0.25, 0.3) is 0 Å². The van der Waals surface area contributed by atoms with Crippen LogP contribution in [0.1, 0.15) is 84.9 Å². The van der Waals surface area contributed by atoms with Gasteiger partial charge in [-0.2, -0.15) is 4.98 Å². The number of aryl methyl sites for hydroxylation is 1. The molecule has 0 saturated heterocycles. The third-order valence-corrected chi connectivity index (χ3v) is 6.74. The average Bonchev–Trinajstić information content (AvgIpc) is 3.57. The van der Waals surface area contributed by atoms with Crippen molar-refractivity contribution in [2.24, 2.45) is 4.99 Å². The number of nitrogens with one attached hydrogen (secondary N) is 1. The highest BCUT2D eigenvalue weighted by atomic mass is 16.5. The van der Waals surface area contributed by atoms with Crippen molar-refractivity contribution in [3.8, 4) is 0 Å². The van der Waals surface area contributed by atoms with E-state index < -0.39 is 0 Å². The minimum absolute atomic E-state index is 0.354. The lowest BCUT2D eigenvalue weighted by atomic mass is 10.00. The van der Waals surface area contributed by atoms with E-state index in [0.29, 0.717) is 19.4 Å². The molecule has 1 aromatic heterocycles. The van der Waals surface area contributed by atoms with E-state index in [1.54, 1.807) is 0 Å². The molecule has 35 heavy (non-hydrogen) atoms. The highest BCUT2D eigenvalue weighted by Crippen LogP contribution is 2.34. The molecule has 9 heteroatoms. The molecule has 0 saturated carbocycles. The van der Waals surface area contributed by atoms with Crippen LogP contribution in [0.4, 0.5) is 0 Å². The zero-order chi connectivity index (χ0) is 25.4. The van der Waals surface area contributed by atoms with Crippen molar-refractivity contribution in [1.29, 1.82) is 0 Å². The van der Waals surface area contributed by atoms with Crippen molar-refractivity contribution in [2.75, 3.05) is 40.3 Å². The normalized spacial score (nSPS) is 22.4. The summed E-state index contributed by atoms with van der Waals surface area (Å²) in [6, 6.07) is 0. The Morgan fingerprint density at radius 2 is 1.86 bits per heavy atom. The summed E-state index contributed by atoms with van der Waals surface area (Å²) in [5.41, 5.74) is 2.93. The molecule has 3 aliphatic heterocycles. The molecule has 1 unspecified atom stereocenters. The van der Waals surface area contributed by atoms with Crippen LogP contribution in [0.15, 0.2) is 33.3 Å². The number of aliphatic imine (C=N–C) groups is 1. The average molecular weight is 488 g/mol. The fraction of sp³-hybridized carbons (Fsp3) is 0.731. The van der Waals surface area contributed by atoms with Gasteiger partial charge < -0.3 is 29.3 Å². The Morgan fingerprint density at radius 3 is 2.57 bits per heavy atom. The zero-order valence-corrected chi connectivity index (χ0v) is 22.7. The number of rotatable bonds is 9. The second-order valence-electron chi connectivity index (χ2n) is 9.61. The Labute approximate surface area is 211 Å². The molecule has 0 aromatic carbocycles. The van der Waals surface area contributed by atoms with Gasteiger partial charge in [0.15, 0.2) is 5.82 Å². The van der Waals surface area contributed by atoms with Crippen LogP contribution in [0.3, 0.4) is 0 Å². The number of nitrogens with zero attached hydrogens (tertiary/aromatic N) is 6. The summed E-state index contributed by atoms with van der Waals surface area (Å²) in [5.74, 6) is 2.60. The first-order valence-electron chi connectivity index (χ1n) is 13.3. The molecule has 3 aliphatic rings. The van der Waals surface area contributed by atoms with E-state index in [1.807, 2.05) is 13.8 Å². The van der Waals surface area contributed by atoms with Gasteiger partial charge >= 0.3 is 0 Å². The summed E-state index contributed by atoms with van der Waals surface area (Å²) < 4.78 is 11.6. The fourth-order valence-corrected chi connectivity index (χ4v) is 4.72. The third kappa shape index (κ3) is 6.37. The smallest absolute Gasteiger partial charge is 0.254 e. The van der Waals surface area contributed by atoms with E-state index >= 15 is 0 Å². The van der Waals surface area contributed by atoms with E-state index in [-0.39, 0.29) is 5.54 Å². The standard InChI is InChI=1S/C24H39N7O2.C2H6/c1-6-7-13-31-17-32-16-30(19(3)21-22(31)29(5)15-25-21)14-9-8-10-20-26-23(33-28-20)24(4)12-11-18(2)27-24;1-2/h25H,3,6-17H2,1-2,4-5H3;1-2H3. The van der Waals surface area contributed by atoms with E-state index in [9.17, 15) is 0 Å². The number of unbranched alkanes of at least 4 members (excludes halogenated alkanes) is 2. The fourth-order valence-electron chi connectivity index (χ4n) is 4.72. The quantitative estimate of drug-likeness (QED) is 0.513. The van der Waals surface area contributed by atoms with Gasteiger partial charge in [0.25, 0.3) is 5.89 Å². The van der Waals surface area contributed by atoms with E-state index in [2.05, 4.69) is 64.6 Å². The predicted octanol–water partition coefficient (Wildman–Crippen LogP) is 4.41. The highest BCUT2D eigenvalue weighted by Gasteiger charge is 2.36. The number of hydrogen-bond acceptors (Lipinski definition) is 9. The Morgan fingerprint density at radius 1 is 1.11 bits per heavy atom. The van der Waals surface area contributed by atoms with E-state index in [0.717, 1.165) is 87.6 Å². The van der Waals surface area contributed by atoms with E-state index in [1.165, 1.54) is 5.82 Å². The van der Waals surface area contributed by atoms with Crippen molar-refractivity contribution in [1.82, 2.24) is 30.2 Å². The topological polar surface area (TPSA) is 82.3 Å². The molecule has 0 fully saturated rings. The van der Waals surface area contributed by atoms with Crippen LogP contribution in [-0.4, -0.2) is 70.8 Å². The lowest BCUT2D eigenvalue weighted by Gasteiger charge is -2.36. The van der Waals surface area contributed by atoms with Gasteiger partial charge in [0, 0.05) is 32.3 Å². The monoisotopic (exact) mass is 487 g/mol. The lowest BCUT2D eigenvalue weighted by Crippen LogP contribution is -2.39. The SMILES string of the molecule is C=C1C2=C(N(C)CN2)N(CCCC)COCN1CCCCc1noc(C2(C)CCC(C)=N2)n1.CC. The van der Waals surface area contributed by atoms with Crippen LogP contribution >= 0.6 is 0 Å². The highest BCUT2D eigenvalue weighted by molar-refractivity contribution is 5.84. The van der Waals surface area contributed by atoms with Gasteiger partial charge in [-0.15, -0.1) is 0 Å². The minimum atomic E-state index is -0.354. The number of ether oxygens (including phenoxy) is 1. The van der Waals surface area contributed by atoms with Crippen molar-refractivity contribution in [3.63, 3.8) is 0 Å². The second-order valence-corrected chi connectivity index (χ2v) is 9.61. The first kappa shape index (κ1) is 27.0. The van der Waals surface area contributed by atoms with Gasteiger partial charge in [0.05, 0.1) is 18.1 Å². The first-order valence-corrected chi connectivity index (χ1v) is 13.3. The lowest BCUT2D eigenvalue weighted by molar-refractivity contribution is -0.0207. The summed E-state index contributed by atoms with van der Waals surface area (Å²) in [4.78, 5) is 16.2. The number of hydrogen-bond donors (Lipinski definition) is 1. The molecule has 196 valence electrons. The largest absolute Gasteiger partial charge is 0.363 e. The molecule has 0 bridgehead atoms. The maximum Gasteiger partial charge on any atom is 0.254 e. The molecule has 0 radical (unpaired) electrons. The van der Waals surface area contributed by atoms with Crippen molar-refractivity contribution in [3.05, 3.63) is 35.5 Å². The Bertz CT molecular complexity index is 909. The molecular weight excluding hydrogens is 442 g/mol. The van der Waals surface area contributed by atoms with Crippen molar-refractivity contribution >= 4 is 5.71 Å². The number of aromatic nitrogens is 2. The third-order valence-electron chi connectivity index (χ3n) is 6.74. The Hall–Kier alpha value is -2.55. The first-order chi connectivity index (χ1) is 16.9. The summed E-state index contributed by atoms with van der Waals surface area (Å²) in [5, 5.41) is 7.74.